The average Bonchev–Trinajstić information content (AvgIpc) is 2.24. The summed E-state index contributed by atoms with van der Waals surface area (Å²) in [4.78, 5) is 0. The van der Waals surface area contributed by atoms with Crippen LogP contribution in [0.5, 0.6) is 5.75 Å². The van der Waals surface area contributed by atoms with Crippen molar-refractivity contribution in [3.05, 3.63) is 29.3 Å². The summed E-state index contributed by atoms with van der Waals surface area (Å²) < 4.78 is 10.5. The molecule has 1 aromatic carbocycles. The van der Waals surface area contributed by atoms with Crippen LogP contribution in [0.3, 0.4) is 0 Å². The molecule has 4 nitrogen and oxygen atoms in total. The van der Waals surface area contributed by atoms with Gasteiger partial charge in [0.1, 0.15) is 11.6 Å². The second-order valence-electron chi connectivity index (χ2n) is 3.59. The standard InChI is InChI=1S/C12H18N2O2/c1-9-8-10(16-7-3-6-15-2)4-5-11(9)12(13)14/h4-5,8H,3,6-7H2,1-2H3,(H3,13,14). The van der Waals surface area contributed by atoms with Gasteiger partial charge in [-0.2, -0.15) is 0 Å². The van der Waals surface area contributed by atoms with Crippen LogP contribution in [-0.2, 0) is 4.74 Å². The highest BCUT2D eigenvalue weighted by Crippen LogP contribution is 2.16. The molecule has 0 aliphatic rings. The van der Waals surface area contributed by atoms with E-state index >= 15 is 0 Å². The molecule has 0 saturated carbocycles. The number of hydrogen-bond donors (Lipinski definition) is 2. The first-order valence-corrected chi connectivity index (χ1v) is 5.22. The molecule has 0 aliphatic heterocycles. The van der Waals surface area contributed by atoms with E-state index in [-0.39, 0.29) is 5.84 Å². The predicted octanol–water partition coefficient (Wildman–Crippen LogP) is 1.69. The largest absolute Gasteiger partial charge is 0.493 e. The lowest BCUT2D eigenvalue weighted by molar-refractivity contribution is 0.172. The third-order valence-corrected chi connectivity index (χ3v) is 2.25. The van der Waals surface area contributed by atoms with Crippen molar-refractivity contribution in [3.63, 3.8) is 0 Å². The Morgan fingerprint density at radius 1 is 1.38 bits per heavy atom. The zero-order chi connectivity index (χ0) is 12.0. The lowest BCUT2D eigenvalue weighted by Crippen LogP contribution is -2.12. The van der Waals surface area contributed by atoms with Gasteiger partial charge in [0.05, 0.1) is 6.61 Å². The molecule has 0 spiro atoms. The molecular formula is C12H18N2O2. The number of benzene rings is 1. The van der Waals surface area contributed by atoms with Crippen molar-refractivity contribution in [2.24, 2.45) is 5.73 Å². The quantitative estimate of drug-likeness (QED) is 0.437. The van der Waals surface area contributed by atoms with E-state index in [4.69, 9.17) is 20.6 Å². The Bertz CT molecular complexity index is 364. The minimum Gasteiger partial charge on any atom is -0.493 e. The maximum atomic E-state index is 7.36. The second kappa shape index (κ2) is 6.12. The van der Waals surface area contributed by atoms with Gasteiger partial charge < -0.3 is 15.2 Å². The molecule has 0 aromatic heterocycles. The SMILES string of the molecule is COCCCOc1ccc(C(=N)N)c(C)c1. The van der Waals surface area contributed by atoms with Crippen molar-refractivity contribution in [2.75, 3.05) is 20.3 Å². The van der Waals surface area contributed by atoms with Gasteiger partial charge in [-0.1, -0.05) is 0 Å². The van der Waals surface area contributed by atoms with Crippen LogP contribution in [0.25, 0.3) is 0 Å². The number of nitrogens with two attached hydrogens (primary N) is 1. The molecule has 0 unspecified atom stereocenters. The maximum Gasteiger partial charge on any atom is 0.123 e. The normalized spacial score (nSPS) is 10.1. The molecule has 1 rings (SSSR count). The molecule has 0 fully saturated rings. The number of amidine groups is 1. The number of rotatable bonds is 6. The Morgan fingerprint density at radius 3 is 2.69 bits per heavy atom. The van der Waals surface area contributed by atoms with Crippen LogP contribution in [0.4, 0.5) is 0 Å². The first-order valence-electron chi connectivity index (χ1n) is 5.22. The van der Waals surface area contributed by atoms with Gasteiger partial charge in [0.15, 0.2) is 0 Å². The van der Waals surface area contributed by atoms with E-state index in [0.29, 0.717) is 13.2 Å². The van der Waals surface area contributed by atoms with E-state index in [1.165, 1.54) is 0 Å². The number of methoxy groups -OCH3 is 1. The van der Waals surface area contributed by atoms with Crippen molar-refractivity contribution in [1.29, 1.82) is 5.41 Å². The molecule has 0 saturated heterocycles. The van der Waals surface area contributed by atoms with E-state index in [0.717, 1.165) is 23.3 Å². The molecule has 0 amide bonds. The van der Waals surface area contributed by atoms with E-state index in [1.54, 1.807) is 7.11 Å². The highest BCUT2D eigenvalue weighted by Gasteiger charge is 2.03. The van der Waals surface area contributed by atoms with Gasteiger partial charge in [-0.05, 0) is 30.7 Å². The van der Waals surface area contributed by atoms with E-state index in [9.17, 15) is 0 Å². The lowest BCUT2D eigenvalue weighted by Gasteiger charge is -2.09. The lowest BCUT2D eigenvalue weighted by atomic mass is 10.1. The molecule has 1 aromatic rings. The minimum atomic E-state index is 0.0865. The van der Waals surface area contributed by atoms with Gasteiger partial charge in [0.25, 0.3) is 0 Å². The molecule has 88 valence electrons. The molecule has 0 aliphatic carbocycles. The second-order valence-corrected chi connectivity index (χ2v) is 3.59. The number of nitrogens with one attached hydrogen (secondary N) is 1. The van der Waals surface area contributed by atoms with Crippen molar-refractivity contribution < 1.29 is 9.47 Å². The monoisotopic (exact) mass is 222 g/mol. The van der Waals surface area contributed by atoms with Gasteiger partial charge in [-0.25, -0.2) is 0 Å². The van der Waals surface area contributed by atoms with Crippen LogP contribution in [0.2, 0.25) is 0 Å². The summed E-state index contributed by atoms with van der Waals surface area (Å²) in [7, 11) is 1.67. The summed E-state index contributed by atoms with van der Waals surface area (Å²) in [5, 5.41) is 7.36. The Morgan fingerprint density at radius 2 is 2.12 bits per heavy atom. The number of aryl methyl sites for hydroxylation is 1. The van der Waals surface area contributed by atoms with Crippen LogP contribution < -0.4 is 10.5 Å². The zero-order valence-electron chi connectivity index (χ0n) is 9.75. The Kier molecular flexibility index (Phi) is 4.79. The predicted molar refractivity (Wildman–Crippen MR) is 64.2 cm³/mol. The Labute approximate surface area is 95.9 Å². The summed E-state index contributed by atoms with van der Waals surface area (Å²) in [5.74, 6) is 0.891. The molecule has 0 heterocycles. The molecule has 4 heteroatoms. The van der Waals surface area contributed by atoms with Gasteiger partial charge in [0, 0.05) is 25.7 Å². The van der Waals surface area contributed by atoms with Gasteiger partial charge in [-0.3, -0.25) is 5.41 Å². The van der Waals surface area contributed by atoms with Crippen LogP contribution in [0, 0.1) is 12.3 Å². The summed E-state index contributed by atoms with van der Waals surface area (Å²) >= 11 is 0. The first-order chi connectivity index (χ1) is 7.65. The highest BCUT2D eigenvalue weighted by molar-refractivity contribution is 5.96. The van der Waals surface area contributed by atoms with Crippen LogP contribution in [0.15, 0.2) is 18.2 Å². The topological polar surface area (TPSA) is 68.3 Å². The number of hydrogen-bond acceptors (Lipinski definition) is 3. The summed E-state index contributed by atoms with van der Waals surface area (Å²) in [6.07, 6.45) is 0.865. The molecule has 0 radical (unpaired) electrons. The number of nitrogen functional groups attached to an aromatic ring is 1. The van der Waals surface area contributed by atoms with Crippen molar-refractivity contribution >= 4 is 5.84 Å². The van der Waals surface area contributed by atoms with Gasteiger partial charge in [0.2, 0.25) is 0 Å². The third-order valence-electron chi connectivity index (χ3n) is 2.25. The molecule has 16 heavy (non-hydrogen) atoms. The molecular weight excluding hydrogens is 204 g/mol. The van der Waals surface area contributed by atoms with Crippen molar-refractivity contribution in [2.45, 2.75) is 13.3 Å². The highest BCUT2D eigenvalue weighted by atomic mass is 16.5. The van der Waals surface area contributed by atoms with Crippen LogP contribution in [-0.4, -0.2) is 26.2 Å². The smallest absolute Gasteiger partial charge is 0.123 e. The maximum absolute atomic E-state index is 7.36. The fourth-order valence-corrected chi connectivity index (χ4v) is 1.42. The summed E-state index contributed by atoms with van der Waals surface area (Å²) in [6, 6.07) is 5.53. The van der Waals surface area contributed by atoms with E-state index in [1.807, 2.05) is 25.1 Å². The average molecular weight is 222 g/mol. The minimum absolute atomic E-state index is 0.0865. The summed E-state index contributed by atoms with van der Waals surface area (Å²) in [6.45, 7) is 3.25. The van der Waals surface area contributed by atoms with E-state index < -0.39 is 0 Å². The Balaban J connectivity index is 2.56. The van der Waals surface area contributed by atoms with Crippen LogP contribution >= 0.6 is 0 Å². The Hall–Kier alpha value is -1.55. The van der Waals surface area contributed by atoms with Crippen molar-refractivity contribution in [1.82, 2.24) is 0 Å². The first kappa shape index (κ1) is 12.5. The molecule has 3 N–H and O–H groups in total. The fourth-order valence-electron chi connectivity index (χ4n) is 1.42. The van der Waals surface area contributed by atoms with Crippen molar-refractivity contribution in [3.8, 4) is 5.75 Å². The van der Waals surface area contributed by atoms with Crippen LogP contribution in [0.1, 0.15) is 17.5 Å². The van der Waals surface area contributed by atoms with Gasteiger partial charge >= 0.3 is 0 Å². The number of ether oxygens (including phenoxy) is 2. The van der Waals surface area contributed by atoms with E-state index in [2.05, 4.69) is 0 Å². The molecule has 0 bridgehead atoms. The summed E-state index contributed by atoms with van der Waals surface area (Å²) in [5.41, 5.74) is 7.14. The fraction of sp³-hybridized carbons (Fsp3) is 0.417. The zero-order valence-corrected chi connectivity index (χ0v) is 9.75. The van der Waals surface area contributed by atoms with Gasteiger partial charge in [-0.15, -0.1) is 0 Å². The third kappa shape index (κ3) is 3.55. The molecule has 0 atom stereocenters.